The minimum Gasteiger partial charge on any atom is -0.434 e. The summed E-state index contributed by atoms with van der Waals surface area (Å²) < 4.78 is 5.57. The smallest absolute Gasteiger partial charge is 0.285 e. The number of rotatable bonds is 3. The molecular formula is C14H15ClN2O2. The molecule has 0 radical (unpaired) electrons. The molecule has 1 aromatic heterocycles. The van der Waals surface area contributed by atoms with E-state index in [9.17, 15) is 4.79 Å². The predicted molar refractivity (Wildman–Crippen MR) is 75.2 cm³/mol. The lowest BCUT2D eigenvalue weighted by atomic mass is 10.0. The van der Waals surface area contributed by atoms with Crippen molar-refractivity contribution in [1.82, 2.24) is 10.2 Å². The maximum Gasteiger partial charge on any atom is 0.285 e. The molecule has 2 rings (SSSR count). The zero-order valence-corrected chi connectivity index (χ0v) is 11.8. The number of halogens is 1. The molecule has 0 amide bonds. The van der Waals surface area contributed by atoms with Crippen LogP contribution in [0.25, 0.3) is 0 Å². The number of nitrogens with one attached hydrogen (secondary N) is 1. The van der Waals surface area contributed by atoms with E-state index in [-0.39, 0.29) is 16.5 Å². The number of nitrogens with zero attached hydrogens (tertiary/aromatic N) is 1. The summed E-state index contributed by atoms with van der Waals surface area (Å²) >= 11 is 5.64. The van der Waals surface area contributed by atoms with E-state index in [1.807, 2.05) is 25.1 Å². The Bertz CT molecular complexity index is 650. The van der Waals surface area contributed by atoms with Gasteiger partial charge in [-0.05, 0) is 30.0 Å². The minimum absolute atomic E-state index is 0.00611. The Morgan fingerprint density at radius 3 is 2.68 bits per heavy atom. The van der Waals surface area contributed by atoms with E-state index in [0.29, 0.717) is 11.7 Å². The van der Waals surface area contributed by atoms with Gasteiger partial charge in [-0.1, -0.05) is 37.6 Å². The Balaban J connectivity index is 2.37. The summed E-state index contributed by atoms with van der Waals surface area (Å²) in [6.07, 6.45) is 0. The second kappa shape index (κ2) is 5.45. The monoisotopic (exact) mass is 278 g/mol. The van der Waals surface area contributed by atoms with Gasteiger partial charge in [0.25, 0.3) is 5.88 Å². The van der Waals surface area contributed by atoms with Crippen molar-refractivity contribution in [2.75, 3.05) is 0 Å². The van der Waals surface area contributed by atoms with Crippen LogP contribution in [0.1, 0.15) is 30.9 Å². The molecule has 0 bridgehead atoms. The van der Waals surface area contributed by atoms with E-state index >= 15 is 0 Å². The van der Waals surface area contributed by atoms with Crippen LogP contribution < -0.4 is 10.2 Å². The van der Waals surface area contributed by atoms with E-state index in [0.717, 1.165) is 11.1 Å². The zero-order valence-electron chi connectivity index (χ0n) is 11.0. The molecule has 0 saturated heterocycles. The molecule has 0 spiro atoms. The van der Waals surface area contributed by atoms with Gasteiger partial charge >= 0.3 is 0 Å². The van der Waals surface area contributed by atoms with Gasteiger partial charge in [-0.25, -0.2) is 0 Å². The van der Waals surface area contributed by atoms with Crippen LogP contribution in [0.2, 0.25) is 5.15 Å². The molecule has 1 aromatic carbocycles. The van der Waals surface area contributed by atoms with E-state index in [1.54, 1.807) is 0 Å². The van der Waals surface area contributed by atoms with Crippen molar-refractivity contribution >= 4 is 11.6 Å². The van der Waals surface area contributed by atoms with Crippen LogP contribution in [0.3, 0.4) is 0 Å². The van der Waals surface area contributed by atoms with Gasteiger partial charge in [0.15, 0.2) is 0 Å². The Morgan fingerprint density at radius 2 is 2.05 bits per heavy atom. The first-order valence-corrected chi connectivity index (χ1v) is 6.39. The van der Waals surface area contributed by atoms with Crippen LogP contribution in [-0.2, 0) is 0 Å². The standard InChI is InChI=1S/C14H15ClN2O2/c1-8(2)10-5-4-9(3)12(6-10)19-14-11(18)7-13(15)16-17-14/h4-8H,1-3H3,(H,16,18). The lowest BCUT2D eigenvalue weighted by Crippen LogP contribution is -2.08. The number of aromatic amines is 1. The summed E-state index contributed by atoms with van der Waals surface area (Å²) in [7, 11) is 0. The van der Waals surface area contributed by atoms with Gasteiger partial charge < -0.3 is 4.74 Å². The maximum absolute atomic E-state index is 11.7. The first-order valence-electron chi connectivity index (χ1n) is 6.01. The first-order chi connectivity index (χ1) is 8.97. The highest BCUT2D eigenvalue weighted by atomic mass is 35.5. The average Bonchev–Trinajstić information content (AvgIpc) is 2.34. The molecule has 1 N–H and O–H groups in total. The van der Waals surface area contributed by atoms with Crippen molar-refractivity contribution in [3.05, 3.63) is 50.8 Å². The number of aromatic nitrogens is 2. The highest BCUT2D eigenvalue weighted by Gasteiger charge is 2.09. The number of benzene rings is 1. The largest absolute Gasteiger partial charge is 0.434 e. The minimum atomic E-state index is -0.349. The SMILES string of the molecule is Cc1ccc(C(C)C)cc1Oc1n[nH]c(Cl)cc1=O. The Labute approximate surface area is 116 Å². The summed E-state index contributed by atoms with van der Waals surface area (Å²) in [5.74, 6) is 1.01. The molecule has 0 unspecified atom stereocenters. The van der Waals surface area contributed by atoms with Gasteiger partial charge in [0, 0.05) is 6.07 Å². The molecule has 2 aromatic rings. The van der Waals surface area contributed by atoms with E-state index in [2.05, 4.69) is 24.0 Å². The fourth-order valence-corrected chi connectivity index (χ4v) is 1.77. The summed E-state index contributed by atoms with van der Waals surface area (Å²) in [6, 6.07) is 7.18. The molecular weight excluding hydrogens is 264 g/mol. The fourth-order valence-electron chi connectivity index (χ4n) is 1.63. The van der Waals surface area contributed by atoms with Crippen molar-refractivity contribution < 1.29 is 4.74 Å². The number of hydrogen-bond donors (Lipinski definition) is 1. The third-order valence-electron chi connectivity index (χ3n) is 2.82. The number of ether oxygens (including phenoxy) is 1. The van der Waals surface area contributed by atoms with E-state index in [1.165, 1.54) is 6.07 Å². The van der Waals surface area contributed by atoms with Crippen molar-refractivity contribution in [1.29, 1.82) is 0 Å². The molecule has 0 aliphatic rings. The number of hydrogen-bond acceptors (Lipinski definition) is 3. The summed E-state index contributed by atoms with van der Waals surface area (Å²) in [5.41, 5.74) is 1.74. The van der Waals surface area contributed by atoms with Crippen LogP contribution in [0, 0.1) is 6.92 Å². The molecule has 100 valence electrons. The quantitative estimate of drug-likeness (QED) is 0.932. The van der Waals surface area contributed by atoms with Crippen LogP contribution in [-0.4, -0.2) is 10.2 Å². The predicted octanol–water partition coefficient (Wildman–Crippen LogP) is 3.65. The summed E-state index contributed by atoms with van der Waals surface area (Å²) in [5, 5.41) is 6.49. The number of aryl methyl sites for hydroxylation is 1. The van der Waals surface area contributed by atoms with Crippen molar-refractivity contribution in [2.24, 2.45) is 0 Å². The molecule has 0 aliphatic carbocycles. The molecule has 0 aliphatic heterocycles. The average molecular weight is 279 g/mol. The second-order valence-electron chi connectivity index (χ2n) is 4.67. The zero-order chi connectivity index (χ0) is 14.0. The lowest BCUT2D eigenvalue weighted by molar-refractivity contribution is 0.446. The number of H-pyrrole nitrogens is 1. The Morgan fingerprint density at radius 1 is 1.32 bits per heavy atom. The van der Waals surface area contributed by atoms with Crippen molar-refractivity contribution in [3.63, 3.8) is 0 Å². The highest BCUT2D eigenvalue weighted by molar-refractivity contribution is 6.29. The van der Waals surface area contributed by atoms with Gasteiger partial charge in [0.1, 0.15) is 10.9 Å². The van der Waals surface area contributed by atoms with Crippen LogP contribution in [0.15, 0.2) is 29.1 Å². The van der Waals surface area contributed by atoms with Crippen LogP contribution in [0.5, 0.6) is 11.6 Å². The maximum atomic E-state index is 11.7. The molecule has 4 nitrogen and oxygen atoms in total. The Kier molecular flexibility index (Phi) is 3.90. The Hall–Kier alpha value is -1.81. The first kappa shape index (κ1) is 13.6. The van der Waals surface area contributed by atoms with E-state index in [4.69, 9.17) is 16.3 Å². The van der Waals surface area contributed by atoms with E-state index < -0.39 is 0 Å². The second-order valence-corrected chi connectivity index (χ2v) is 5.07. The molecule has 0 saturated carbocycles. The fraction of sp³-hybridized carbons (Fsp3) is 0.286. The molecule has 19 heavy (non-hydrogen) atoms. The highest BCUT2D eigenvalue weighted by Crippen LogP contribution is 2.26. The summed E-state index contributed by atoms with van der Waals surface area (Å²) in [6.45, 7) is 6.12. The van der Waals surface area contributed by atoms with Gasteiger partial charge in [0.05, 0.1) is 0 Å². The molecule has 5 heteroatoms. The molecule has 0 fully saturated rings. The topological polar surface area (TPSA) is 55.0 Å². The normalized spacial score (nSPS) is 10.8. The molecule has 0 atom stereocenters. The molecule has 1 heterocycles. The van der Waals surface area contributed by atoms with Crippen LogP contribution in [0.4, 0.5) is 0 Å². The van der Waals surface area contributed by atoms with Gasteiger partial charge in [0.2, 0.25) is 5.43 Å². The lowest BCUT2D eigenvalue weighted by Gasteiger charge is -2.11. The van der Waals surface area contributed by atoms with Gasteiger partial charge in [-0.2, -0.15) is 0 Å². The van der Waals surface area contributed by atoms with Gasteiger partial charge in [-0.15, -0.1) is 5.10 Å². The van der Waals surface area contributed by atoms with Gasteiger partial charge in [-0.3, -0.25) is 9.89 Å². The van der Waals surface area contributed by atoms with Crippen molar-refractivity contribution in [3.8, 4) is 11.6 Å². The summed E-state index contributed by atoms with van der Waals surface area (Å²) in [4.78, 5) is 11.7. The van der Waals surface area contributed by atoms with Crippen LogP contribution >= 0.6 is 11.6 Å². The third kappa shape index (κ3) is 3.15. The third-order valence-corrected chi connectivity index (χ3v) is 3.01. The van der Waals surface area contributed by atoms with Crippen molar-refractivity contribution in [2.45, 2.75) is 26.7 Å².